The molecule has 0 radical (unpaired) electrons. The Morgan fingerprint density at radius 3 is 2.07 bits per heavy atom. The van der Waals surface area contributed by atoms with Gasteiger partial charge in [0, 0.05) is 20.0 Å². The second-order valence-corrected chi connectivity index (χ2v) is 11.7. The summed E-state index contributed by atoms with van der Waals surface area (Å²) in [7, 11) is 0.136. The van der Waals surface area contributed by atoms with E-state index in [-0.39, 0.29) is 23.5 Å². The fourth-order valence-corrected chi connectivity index (χ4v) is 6.11. The van der Waals surface area contributed by atoms with Crippen molar-refractivity contribution >= 4 is 27.5 Å². The summed E-state index contributed by atoms with van der Waals surface area (Å²) in [5.41, 5.74) is 1.56. The molecule has 0 spiro atoms. The van der Waals surface area contributed by atoms with Crippen LogP contribution in [0.25, 0.3) is 0 Å². The Hall–Kier alpha value is -4.90. The van der Waals surface area contributed by atoms with Crippen LogP contribution in [0.1, 0.15) is 11.1 Å². The molecule has 230 valence electrons. The van der Waals surface area contributed by atoms with Gasteiger partial charge < -0.3 is 19.7 Å². The van der Waals surface area contributed by atoms with Crippen LogP contribution in [0.5, 0.6) is 11.5 Å². The molecule has 1 N–H and O–H groups in total. The predicted molar refractivity (Wildman–Crippen MR) is 165 cm³/mol. The van der Waals surface area contributed by atoms with Gasteiger partial charge in [-0.2, -0.15) is 0 Å². The van der Waals surface area contributed by atoms with Crippen molar-refractivity contribution in [2.75, 3.05) is 32.1 Å². The van der Waals surface area contributed by atoms with Gasteiger partial charge in [-0.25, -0.2) is 12.8 Å². The molecule has 0 aliphatic rings. The number of benzene rings is 4. The highest BCUT2D eigenvalue weighted by Gasteiger charge is 2.34. The number of carbonyl (C=O) groups is 2. The molecule has 0 aromatic heterocycles. The molecular formula is C33H34FN3O6S. The Kier molecular flexibility index (Phi) is 10.6. The molecule has 0 unspecified atom stereocenters. The third-order valence-corrected chi connectivity index (χ3v) is 8.83. The van der Waals surface area contributed by atoms with Crippen molar-refractivity contribution in [3.8, 4) is 11.5 Å². The van der Waals surface area contributed by atoms with Crippen molar-refractivity contribution < 1.29 is 31.9 Å². The fraction of sp³-hybridized carbons (Fsp3) is 0.212. The van der Waals surface area contributed by atoms with Crippen molar-refractivity contribution in [3.63, 3.8) is 0 Å². The van der Waals surface area contributed by atoms with Crippen molar-refractivity contribution in [2.45, 2.75) is 23.9 Å². The Bertz CT molecular complexity index is 1670. The van der Waals surface area contributed by atoms with Crippen LogP contribution in [-0.4, -0.2) is 59.0 Å². The quantitative estimate of drug-likeness (QED) is 0.238. The molecule has 0 saturated heterocycles. The molecular weight excluding hydrogens is 585 g/mol. The van der Waals surface area contributed by atoms with E-state index in [9.17, 15) is 22.4 Å². The van der Waals surface area contributed by atoms with Crippen molar-refractivity contribution in [1.29, 1.82) is 0 Å². The maximum absolute atomic E-state index is 14.3. The van der Waals surface area contributed by atoms with Crippen LogP contribution in [-0.2, 0) is 32.6 Å². The Labute approximate surface area is 256 Å². The summed E-state index contributed by atoms with van der Waals surface area (Å²) in [4.78, 5) is 28.9. The number of nitrogens with zero attached hydrogens (tertiary/aromatic N) is 2. The predicted octanol–water partition coefficient (Wildman–Crippen LogP) is 4.42. The summed E-state index contributed by atoms with van der Waals surface area (Å²) < 4.78 is 53.3. The highest BCUT2D eigenvalue weighted by atomic mass is 32.2. The highest BCUT2D eigenvalue weighted by Crippen LogP contribution is 2.27. The first-order chi connectivity index (χ1) is 21.2. The summed E-state index contributed by atoms with van der Waals surface area (Å²) in [6, 6.07) is 25.8. The number of amides is 2. The number of methoxy groups -OCH3 is 2. The molecule has 4 aromatic rings. The number of nitrogens with one attached hydrogen (secondary N) is 1. The number of sulfonamides is 1. The minimum Gasteiger partial charge on any atom is -0.497 e. The molecule has 11 heteroatoms. The van der Waals surface area contributed by atoms with Crippen molar-refractivity contribution in [1.82, 2.24) is 10.2 Å². The van der Waals surface area contributed by atoms with Crippen LogP contribution >= 0.6 is 0 Å². The number of ether oxygens (including phenoxy) is 2. The first-order valence-electron chi connectivity index (χ1n) is 13.8. The largest absolute Gasteiger partial charge is 0.497 e. The number of hydrogen-bond acceptors (Lipinski definition) is 6. The molecule has 0 bridgehead atoms. The molecule has 4 rings (SSSR count). The van der Waals surface area contributed by atoms with Gasteiger partial charge in [0.1, 0.15) is 29.9 Å². The molecule has 0 aliphatic heterocycles. The van der Waals surface area contributed by atoms with Gasteiger partial charge in [-0.3, -0.25) is 13.9 Å². The maximum atomic E-state index is 14.3. The van der Waals surface area contributed by atoms with E-state index < -0.39 is 40.2 Å². The van der Waals surface area contributed by atoms with Gasteiger partial charge in [0.2, 0.25) is 11.8 Å². The Morgan fingerprint density at radius 2 is 1.45 bits per heavy atom. The molecule has 2 amide bonds. The average molecular weight is 620 g/mol. The van der Waals surface area contributed by atoms with Gasteiger partial charge in [-0.05, 0) is 71.8 Å². The monoisotopic (exact) mass is 619 g/mol. The molecule has 4 aromatic carbocycles. The van der Waals surface area contributed by atoms with E-state index in [0.29, 0.717) is 17.1 Å². The first kappa shape index (κ1) is 32.0. The Balaban J connectivity index is 1.79. The van der Waals surface area contributed by atoms with Gasteiger partial charge in [0.05, 0.1) is 24.8 Å². The molecule has 0 saturated carbocycles. The second-order valence-electron chi connectivity index (χ2n) is 9.86. The summed E-state index contributed by atoms with van der Waals surface area (Å²) in [6.45, 7) is -0.674. The van der Waals surface area contributed by atoms with E-state index in [1.807, 2.05) is 30.3 Å². The summed E-state index contributed by atoms with van der Waals surface area (Å²) in [5.74, 6) is -0.615. The molecule has 0 heterocycles. The number of likely N-dealkylation sites (N-methyl/N-ethyl adjacent to an activating group) is 1. The maximum Gasteiger partial charge on any atom is 0.264 e. The summed E-state index contributed by atoms with van der Waals surface area (Å²) in [5, 5.41) is 2.64. The molecule has 0 fully saturated rings. The average Bonchev–Trinajstić information content (AvgIpc) is 3.05. The summed E-state index contributed by atoms with van der Waals surface area (Å²) in [6.07, 6.45) is 0.179. The number of anilines is 1. The third kappa shape index (κ3) is 7.73. The summed E-state index contributed by atoms with van der Waals surface area (Å²) >= 11 is 0. The van der Waals surface area contributed by atoms with Crippen molar-refractivity contribution in [3.05, 3.63) is 120 Å². The lowest BCUT2D eigenvalue weighted by atomic mass is 10.0. The molecule has 0 aliphatic carbocycles. The van der Waals surface area contributed by atoms with Gasteiger partial charge in [0.15, 0.2) is 0 Å². The number of hydrogen-bond donors (Lipinski definition) is 1. The fourth-order valence-electron chi connectivity index (χ4n) is 4.70. The Morgan fingerprint density at radius 1 is 0.818 bits per heavy atom. The van der Waals surface area contributed by atoms with E-state index in [1.165, 1.54) is 62.6 Å². The lowest BCUT2D eigenvalue weighted by Crippen LogP contribution is -2.53. The number of rotatable bonds is 13. The SMILES string of the molecule is CNC(=O)[C@H](Cc1ccccc1)N(Cc1cccc(OC)c1)C(=O)CN(c1ccc(F)cc1)S(=O)(=O)c1ccc(OC)cc1. The van der Waals surface area contributed by atoms with Gasteiger partial charge in [0.25, 0.3) is 10.0 Å². The highest BCUT2D eigenvalue weighted by molar-refractivity contribution is 7.92. The lowest BCUT2D eigenvalue weighted by molar-refractivity contribution is -0.139. The van der Waals surface area contributed by atoms with E-state index in [0.717, 1.165) is 22.0 Å². The number of carbonyl (C=O) groups excluding carboxylic acids is 2. The van der Waals surface area contributed by atoms with Crippen molar-refractivity contribution in [2.24, 2.45) is 0 Å². The zero-order chi connectivity index (χ0) is 31.7. The topological polar surface area (TPSA) is 105 Å². The minimum atomic E-state index is -4.33. The van der Waals surface area contributed by atoms with Gasteiger partial charge in [-0.1, -0.05) is 42.5 Å². The standard InChI is InChI=1S/C33H34FN3O6S/c1-35-33(39)31(21-24-8-5-4-6-9-24)36(22-25-10-7-11-29(20-25)43-3)32(38)23-37(27-14-12-26(34)13-15-27)44(40,41)30-18-16-28(42-2)17-19-30/h4-20,31H,21-23H2,1-3H3,(H,35,39)/t31-/m0/s1. The van der Waals surface area contributed by atoms with Crippen LogP contribution in [0.15, 0.2) is 108 Å². The van der Waals surface area contributed by atoms with Crippen LogP contribution < -0.4 is 19.1 Å². The van der Waals surface area contributed by atoms with Gasteiger partial charge in [-0.15, -0.1) is 0 Å². The first-order valence-corrected chi connectivity index (χ1v) is 15.2. The second kappa shape index (κ2) is 14.5. The van der Waals surface area contributed by atoms with Gasteiger partial charge >= 0.3 is 0 Å². The normalized spacial score (nSPS) is 11.7. The smallest absolute Gasteiger partial charge is 0.264 e. The van der Waals surface area contributed by atoms with E-state index in [1.54, 1.807) is 24.3 Å². The van der Waals surface area contributed by atoms with E-state index in [2.05, 4.69) is 5.32 Å². The van der Waals surface area contributed by atoms with E-state index >= 15 is 0 Å². The zero-order valence-corrected chi connectivity index (χ0v) is 25.5. The van der Waals surface area contributed by atoms with Crippen LogP contribution in [0.2, 0.25) is 0 Å². The van der Waals surface area contributed by atoms with E-state index in [4.69, 9.17) is 9.47 Å². The molecule has 44 heavy (non-hydrogen) atoms. The van der Waals surface area contributed by atoms with Crippen LogP contribution in [0.4, 0.5) is 10.1 Å². The molecule has 1 atom stereocenters. The van der Waals surface area contributed by atoms with Crippen LogP contribution in [0, 0.1) is 5.82 Å². The minimum absolute atomic E-state index is 0.0131. The van der Waals surface area contributed by atoms with Crippen LogP contribution in [0.3, 0.4) is 0 Å². The zero-order valence-electron chi connectivity index (χ0n) is 24.6. The lowest BCUT2D eigenvalue weighted by Gasteiger charge is -2.33. The molecule has 9 nitrogen and oxygen atoms in total. The number of halogens is 1. The third-order valence-electron chi connectivity index (χ3n) is 7.05.